The van der Waals surface area contributed by atoms with Gasteiger partial charge in [0.25, 0.3) is 5.91 Å². The van der Waals surface area contributed by atoms with Gasteiger partial charge in [0.15, 0.2) is 0 Å². The van der Waals surface area contributed by atoms with E-state index in [0.717, 1.165) is 36.0 Å². The van der Waals surface area contributed by atoms with Crippen molar-refractivity contribution in [2.24, 2.45) is 0 Å². The summed E-state index contributed by atoms with van der Waals surface area (Å²) in [6, 6.07) is 14.2. The molecule has 1 aromatic heterocycles. The maximum Gasteiger partial charge on any atom is 0.325 e. The second kappa shape index (κ2) is 9.21. The summed E-state index contributed by atoms with van der Waals surface area (Å²) in [5.74, 6) is 0.290. The predicted molar refractivity (Wildman–Crippen MR) is 127 cm³/mol. The standard InChI is InChI=1S/C26H28N4O4/c1-34-17-11-9-16(10-12-17)15-30-25(32)22(29-26(30)33)13-14-23(31)27-21-8-4-6-19-18-5-2-3-7-20(18)28-24(19)21/h2-3,5,7,9-12,21-22,28H,4,6,8,13-15H2,1H3,(H,27,31)(H,29,33)/t21-,22+/m0/s1. The molecule has 1 saturated heterocycles. The zero-order valence-corrected chi connectivity index (χ0v) is 19.1. The smallest absolute Gasteiger partial charge is 0.325 e. The van der Waals surface area contributed by atoms with E-state index >= 15 is 0 Å². The van der Waals surface area contributed by atoms with Crippen LogP contribution in [0.1, 0.15) is 48.5 Å². The molecular weight excluding hydrogens is 432 g/mol. The van der Waals surface area contributed by atoms with E-state index in [4.69, 9.17) is 4.74 Å². The lowest BCUT2D eigenvalue weighted by molar-refractivity contribution is -0.128. The van der Waals surface area contributed by atoms with Gasteiger partial charge < -0.3 is 20.4 Å². The number of nitrogens with one attached hydrogen (secondary N) is 3. The number of benzene rings is 2. The minimum atomic E-state index is -0.688. The SMILES string of the molecule is COc1ccc(CN2C(=O)N[C@H](CCC(=O)N[C@H]3CCCc4c3[nH]c3ccccc43)C2=O)cc1. The van der Waals surface area contributed by atoms with E-state index in [1.807, 2.05) is 24.3 Å². The van der Waals surface area contributed by atoms with Crippen molar-refractivity contribution < 1.29 is 19.1 Å². The van der Waals surface area contributed by atoms with Crippen LogP contribution in [0.3, 0.4) is 0 Å². The number of hydrogen-bond acceptors (Lipinski definition) is 4. The van der Waals surface area contributed by atoms with Crippen LogP contribution in [0.2, 0.25) is 0 Å². The molecule has 1 aliphatic heterocycles. The predicted octanol–water partition coefficient (Wildman–Crippen LogP) is 3.57. The van der Waals surface area contributed by atoms with Crippen molar-refractivity contribution in [3.05, 3.63) is 65.4 Å². The summed E-state index contributed by atoms with van der Waals surface area (Å²) < 4.78 is 5.14. The first-order valence-electron chi connectivity index (χ1n) is 11.7. The molecule has 176 valence electrons. The number of carbonyl (C=O) groups is 3. The Morgan fingerprint density at radius 2 is 1.94 bits per heavy atom. The number of aromatic amines is 1. The Bertz CT molecular complexity index is 1230. The molecule has 0 spiro atoms. The van der Waals surface area contributed by atoms with Gasteiger partial charge in [-0.25, -0.2) is 4.79 Å². The molecule has 4 amide bonds. The van der Waals surface area contributed by atoms with Crippen molar-refractivity contribution in [1.82, 2.24) is 20.5 Å². The van der Waals surface area contributed by atoms with Crippen LogP contribution in [-0.4, -0.2) is 40.9 Å². The molecule has 0 saturated carbocycles. The van der Waals surface area contributed by atoms with Gasteiger partial charge in [0.2, 0.25) is 5.91 Å². The van der Waals surface area contributed by atoms with Crippen molar-refractivity contribution in [1.29, 1.82) is 0 Å². The Hall–Kier alpha value is -3.81. The summed E-state index contributed by atoms with van der Waals surface area (Å²) in [7, 11) is 1.58. The maximum absolute atomic E-state index is 12.8. The normalized spacial score (nSPS) is 19.7. The minimum Gasteiger partial charge on any atom is -0.497 e. The molecule has 2 heterocycles. The quantitative estimate of drug-likeness (QED) is 0.469. The van der Waals surface area contributed by atoms with Gasteiger partial charge in [0, 0.05) is 23.0 Å². The Morgan fingerprint density at radius 1 is 1.15 bits per heavy atom. The number of para-hydroxylation sites is 1. The summed E-state index contributed by atoms with van der Waals surface area (Å²) >= 11 is 0. The van der Waals surface area contributed by atoms with Gasteiger partial charge in [-0.3, -0.25) is 14.5 Å². The van der Waals surface area contributed by atoms with Crippen LogP contribution in [0.4, 0.5) is 4.79 Å². The van der Waals surface area contributed by atoms with Crippen molar-refractivity contribution in [2.75, 3.05) is 7.11 Å². The van der Waals surface area contributed by atoms with Crippen LogP contribution in [0.15, 0.2) is 48.5 Å². The van der Waals surface area contributed by atoms with Crippen LogP contribution in [0.25, 0.3) is 10.9 Å². The van der Waals surface area contributed by atoms with E-state index < -0.39 is 12.1 Å². The number of urea groups is 1. The first-order valence-corrected chi connectivity index (χ1v) is 11.7. The van der Waals surface area contributed by atoms with Crippen LogP contribution >= 0.6 is 0 Å². The van der Waals surface area contributed by atoms with Crippen LogP contribution in [-0.2, 0) is 22.6 Å². The number of H-pyrrole nitrogens is 1. The molecule has 34 heavy (non-hydrogen) atoms. The van der Waals surface area contributed by atoms with Crippen molar-refractivity contribution in [3.63, 3.8) is 0 Å². The monoisotopic (exact) mass is 460 g/mol. The Labute approximate surface area is 197 Å². The Kier molecular flexibility index (Phi) is 5.96. The van der Waals surface area contributed by atoms with Crippen molar-refractivity contribution in [2.45, 2.75) is 50.7 Å². The average Bonchev–Trinajstić information content (AvgIpc) is 3.36. The highest BCUT2D eigenvalue weighted by atomic mass is 16.5. The number of methoxy groups -OCH3 is 1. The second-order valence-corrected chi connectivity index (χ2v) is 8.89. The summed E-state index contributed by atoms with van der Waals surface area (Å²) in [5.41, 5.74) is 4.27. The van der Waals surface area contributed by atoms with Gasteiger partial charge in [-0.1, -0.05) is 30.3 Å². The summed E-state index contributed by atoms with van der Waals surface area (Å²) in [4.78, 5) is 42.6. The highest BCUT2D eigenvalue weighted by molar-refractivity contribution is 6.04. The maximum atomic E-state index is 12.8. The largest absolute Gasteiger partial charge is 0.497 e. The van der Waals surface area contributed by atoms with Gasteiger partial charge in [-0.15, -0.1) is 0 Å². The molecular formula is C26H28N4O4. The summed E-state index contributed by atoms with van der Waals surface area (Å²) in [5, 5.41) is 7.06. The number of fused-ring (bicyclic) bond motifs is 3. The van der Waals surface area contributed by atoms with E-state index in [9.17, 15) is 14.4 Å². The number of amides is 4. The zero-order valence-electron chi connectivity index (χ0n) is 19.1. The number of ether oxygens (including phenoxy) is 1. The number of aryl methyl sites for hydroxylation is 1. The molecule has 3 aromatic rings. The molecule has 8 nitrogen and oxygen atoms in total. The van der Waals surface area contributed by atoms with Crippen molar-refractivity contribution in [3.8, 4) is 5.75 Å². The van der Waals surface area contributed by atoms with Crippen molar-refractivity contribution >= 4 is 28.7 Å². The van der Waals surface area contributed by atoms with Crippen LogP contribution in [0, 0.1) is 0 Å². The van der Waals surface area contributed by atoms with Gasteiger partial charge in [-0.05, 0) is 55.0 Å². The molecule has 1 aliphatic carbocycles. The van der Waals surface area contributed by atoms with E-state index in [-0.39, 0.29) is 37.2 Å². The van der Waals surface area contributed by atoms with Crippen LogP contribution in [0.5, 0.6) is 5.75 Å². The molecule has 2 aromatic carbocycles. The number of aromatic nitrogens is 1. The number of imide groups is 1. The summed E-state index contributed by atoms with van der Waals surface area (Å²) in [6.07, 6.45) is 3.32. The third-order valence-corrected chi connectivity index (χ3v) is 6.72. The highest BCUT2D eigenvalue weighted by Gasteiger charge is 2.38. The third kappa shape index (κ3) is 4.23. The molecule has 8 heteroatoms. The average molecular weight is 461 g/mol. The fourth-order valence-electron chi connectivity index (χ4n) is 4.94. The number of rotatable bonds is 7. The fraction of sp³-hybridized carbons (Fsp3) is 0.346. The molecule has 1 fully saturated rings. The first kappa shape index (κ1) is 22.0. The van der Waals surface area contributed by atoms with Gasteiger partial charge in [-0.2, -0.15) is 0 Å². The molecule has 0 unspecified atom stereocenters. The lowest BCUT2D eigenvalue weighted by Crippen LogP contribution is -2.34. The van der Waals surface area contributed by atoms with E-state index in [2.05, 4.69) is 27.8 Å². The molecule has 0 radical (unpaired) electrons. The molecule has 2 atom stereocenters. The highest BCUT2D eigenvalue weighted by Crippen LogP contribution is 2.34. The molecule has 5 rings (SSSR count). The molecule has 2 aliphatic rings. The number of hydrogen-bond donors (Lipinski definition) is 3. The van der Waals surface area contributed by atoms with Crippen LogP contribution < -0.4 is 15.4 Å². The first-order chi connectivity index (χ1) is 16.5. The van der Waals surface area contributed by atoms with E-state index in [1.165, 1.54) is 15.8 Å². The van der Waals surface area contributed by atoms with E-state index in [0.29, 0.717) is 5.75 Å². The molecule has 0 bridgehead atoms. The number of nitrogens with zero attached hydrogens (tertiary/aromatic N) is 1. The summed E-state index contributed by atoms with van der Waals surface area (Å²) in [6.45, 7) is 0.183. The number of carbonyl (C=O) groups excluding carboxylic acids is 3. The van der Waals surface area contributed by atoms with Gasteiger partial charge in [0.1, 0.15) is 11.8 Å². The Morgan fingerprint density at radius 3 is 2.74 bits per heavy atom. The van der Waals surface area contributed by atoms with E-state index in [1.54, 1.807) is 19.2 Å². The topological polar surface area (TPSA) is 104 Å². The lowest BCUT2D eigenvalue weighted by atomic mass is 9.91. The zero-order chi connectivity index (χ0) is 23.7. The lowest BCUT2D eigenvalue weighted by Gasteiger charge is -2.24. The second-order valence-electron chi connectivity index (χ2n) is 8.89. The Balaban J connectivity index is 1.18. The fourth-order valence-corrected chi connectivity index (χ4v) is 4.94. The van der Waals surface area contributed by atoms with Gasteiger partial charge in [0.05, 0.1) is 19.7 Å². The van der Waals surface area contributed by atoms with Gasteiger partial charge >= 0.3 is 6.03 Å². The molecule has 3 N–H and O–H groups in total. The third-order valence-electron chi connectivity index (χ3n) is 6.72. The minimum absolute atomic E-state index is 0.0657.